The van der Waals surface area contributed by atoms with E-state index in [1.807, 2.05) is 0 Å². The van der Waals surface area contributed by atoms with Crippen LogP contribution in [-0.2, 0) is 29.0 Å². The van der Waals surface area contributed by atoms with Crippen LogP contribution in [0.5, 0.6) is 0 Å². The van der Waals surface area contributed by atoms with Crippen molar-refractivity contribution in [2.45, 2.75) is 45.3 Å². The summed E-state index contributed by atoms with van der Waals surface area (Å²) in [6.07, 6.45) is -0.816. The van der Waals surface area contributed by atoms with E-state index in [1.54, 1.807) is 24.3 Å². The average Bonchev–Trinajstić information content (AvgIpc) is 3.08. The van der Waals surface area contributed by atoms with Crippen molar-refractivity contribution in [3.63, 3.8) is 0 Å². The minimum absolute atomic E-state index is 0.00750. The highest BCUT2D eigenvalue weighted by molar-refractivity contribution is 7.91. The number of rotatable bonds is 6. The number of amides is 2. The number of ketones is 1. The number of Topliss-reactive ketones (excluding diaryl/α,β-unsaturated/α-hetero) is 1. The fraction of sp³-hybridized carbons (Fsp3) is 0.450. The van der Waals surface area contributed by atoms with Crippen molar-refractivity contribution in [1.82, 2.24) is 5.01 Å². The van der Waals surface area contributed by atoms with Gasteiger partial charge in [-0.1, -0.05) is 0 Å². The molecule has 3 rings (SSSR count). The number of nitrogens with one attached hydrogen (secondary N) is 1. The first-order valence-electron chi connectivity index (χ1n) is 9.78. The Morgan fingerprint density at radius 3 is 2.45 bits per heavy atom. The maximum Gasteiger partial charge on any atom is 0.355 e. The molecule has 11 heteroatoms. The van der Waals surface area contributed by atoms with Crippen molar-refractivity contribution in [1.29, 1.82) is 0 Å². The number of ether oxygens (including phenoxy) is 1. The number of hydrogen-bond acceptors (Lipinski definition) is 8. The fourth-order valence-corrected chi connectivity index (χ4v) is 4.98. The van der Waals surface area contributed by atoms with Gasteiger partial charge in [0.25, 0.3) is 5.91 Å². The minimum Gasteiger partial charge on any atom is -0.448 e. The van der Waals surface area contributed by atoms with Gasteiger partial charge in [0.15, 0.2) is 21.7 Å². The maximum absolute atomic E-state index is 12.5. The Morgan fingerprint density at radius 1 is 1.19 bits per heavy atom. The molecule has 2 amide bonds. The van der Waals surface area contributed by atoms with Crippen LogP contribution in [0, 0.1) is 0 Å². The molecule has 2 aliphatic rings. The molecule has 0 saturated carbocycles. The molecular weight excluding hydrogens is 426 g/mol. The van der Waals surface area contributed by atoms with Gasteiger partial charge in [-0.2, -0.15) is 5.10 Å². The first-order valence-corrected chi connectivity index (χ1v) is 11.6. The molecule has 1 saturated heterocycles. The van der Waals surface area contributed by atoms with Crippen LogP contribution in [0.15, 0.2) is 29.4 Å². The second-order valence-corrected chi connectivity index (χ2v) is 9.74. The Labute approximate surface area is 179 Å². The molecule has 166 valence electrons. The molecule has 0 spiro atoms. The van der Waals surface area contributed by atoms with Crippen LogP contribution in [0.1, 0.15) is 43.5 Å². The van der Waals surface area contributed by atoms with Gasteiger partial charge >= 0.3 is 5.97 Å². The lowest BCUT2D eigenvalue weighted by Crippen LogP contribution is -2.42. The molecule has 2 atom stereocenters. The van der Waals surface area contributed by atoms with Crippen LogP contribution in [0.25, 0.3) is 0 Å². The number of anilines is 1. The highest BCUT2D eigenvalue weighted by atomic mass is 32.2. The van der Waals surface area contributed by atoms with E-state index in [1.165, 1.54) is 13.8 Å². The molecule has 1 aromatic rings. The Morgan fingerprint density at radius 2 is 1.87 bits per heavy atom. The zero-order chi connectivity index (χ0) is 22.8. The predicted molar refractivity (Wildman–Crippen MR) is 111 cm³/mol. The second-order valence-electron chi connectivity index (χ2n) is 7.51. The van der Waals surface area contributed by atoms with Crippen molar-refractivity contribution < 1.29 is 32.3 Å². The van der Waals surface area contributed by atoms with Crippen molar-refractivity contribution in [3.8, 4) is 0 Å². The van der Waals surface area contributed by atoms with Crippen molar-refractivity contribution in [3.05, 3.63) is 29.8 Å². The molecule has 31 heavy (non-hydrogen) atoms. The first-order chi connectivity index (χ1) is 14.6. The van der Waals surface area contributed by atoms with Crippen molar-refractivity contribution in [2.24, 2.45) is 5.10 Å². The molecular formula is C20H23N3O7S. The molecule has 2 heterocycles. The fourth-order valence-electron chi connectivity index (χ4n) is 3.29. The van der Waals surface area contributed by atoms with E-state index in [0.29, 0.717) is 11.3 Å². The van der Waals surface area contributed by atoms with Crippen LogP contribution < -0.4 is 5.32 Å². The smallest absolute Gasteiger partial charge is 0.355 e. The SMILES string of the molecule is CC(=O)c1ccc(NC(=O)[C@H](C)OC(=O)C2=NN([C@@H]3CCS(=O)(=O)C3)C(=O)CC2)cc1. The van der Waals surface area contributed by atoms with Gasteiger partial charge in [0, 0.05) is 24.1 Å². The Hall–Kier alpha value is -3.08. The Kier molecular flexibility index (Phi) is 6.54. The van der Waals surface area contributed by atoms with Gasteiger partial charge in [-0.25, -0.2) is 18.2 Å². The van der Waals surface area contributed by atoms with Gasteiger partial charge in [-0.05, 0) is 44.5 Å². The molecule has 0 radical (unpaired) electrons. The van der Waals surface area contributed by atoms with E-state index >= 15 is 0 Å². The van der Waals surface area contributed by atoms with Crippen LogP contribution in [-0.4, -0.2) is 66.4 Å². The molecule has 1 aromatic carbocycles. The quantitative estimate of drug-likeness (QED) is 0.503. The van der Waals surface area contributed by atoms with Crippen molar-refractivity contribution in [2.75, 3.05) is 16.8 Å². The summed E-state index contributed by atoms with van der Waals surface area (Å²) in [5, 5.41) is 7.68. The van der Waals surface area contributed by atoms with Crippen molar-refractivity contribution >= 4 is 44.8 Å². The largest absolute Gasteiger partial charge is 0.448 e. The number of nitrogens with zero attached hydrogens (tertiary/aromatic N) is 2. The van der Waals surface area contributed by atoms with Gasteiger partial charge in [-0.15, -0.1) is 0 Å². The summed E-state index contributed by atoms with van der Waals surface area (Å²) in [4.78, 5) is 48.2. The predicted octanol–water partition coefficient (Wildman–Crippen LogP) is 0.925. The third-order valence-electron chi connectivity index (χ3n) is 5.06. The number of hydrazone groups is 1. The zero-order valence-corrected chi connectivity index (χ0v) is 18.0. The standard InChI is InChI=1S/C20H23N3O7S/c1-12(24)14-3-5-15(6-4-14)21-19(26)13(2)30-20(27)17-7-8-18(25)23(22-17)16-9-10-31(28,29)11-16/h3-6,13,16H,7-11H2,1-2H3,(H,21,26)/t13-,16+/m0/s1. The summed E-state index contributed by atoms with van der Waals surface area (Å²) in [5.41, 5.74) is 0.906. The van der Waals surface area contributed by atoms with Crippen LogP contribution in [0.2, 0.25) is 0 Å². The maximum atomic E-state index is 12.5. The third-order valence-corrected chi connectivity index (χ3v) is 6.81. The second kappa shape index (κ2) is 8.96. The zero-order valence-electron chi connectivity index (χ0n) is 17.2. The molecule has 1 fully saturated rings. The van der Waals surface area contributed by atoms with E-state index < -0.39 is 33.9 Å². The molecule has 0 bridgehead atoms. The summed E-state index contributed by atoms with van der Waals surface area (Å²) in [5.74, 6) is -2.08. The Balaban J connectivity index is 1.61. The van der Waals surface area contributed by atoms with E-state index in [0.717, 1.165) is 5.01 Å². The number of carbonyl (C=O) groups is 4. The summed E-state index contributed by atoms with van der Waals surface area (Å²) in [6, 6.07) is 5.67. The molecule has 0 aliphatic carbocycles. The lowest BCUT2D eigenvalue weighted by atomic mass is 10.1. The number of sulfone groups is 1. The lowest BCUT2D eigenvalue weighted by molar-refractivity contribution is -0.147. The summed E-state index contributed by atoms with van der Waals surface area (Å²) >= 11 is 0. The van der Waals surface area contributed by atoms with E-state index in [2.05, 4.69) is 10.4 Å². The molecule has 1 N–H and O–H groups in total. The van der Waals surface area contributed by atoms with E-state index in [9.17, 15) is 27.6 Å². The van der Waals surface area contributed by atoms with Gasteiger partial charge in [0.1, 0.15) is 5.71 Å². The van der Waals surface area contributed by atoms with E-state index in [4.69, 9.17) is 4.74 Å². The number of hydrogen-bond donors (Lipinski definition) is 1. The summed E-state index contributed by atoms with van der Waals surface area (Å²) in [6.45, 7) is 2.83. The number of benzene rings is 1. The average molecular weight is 449 g/mol. The summed E-state index contributed by atoms with van der Waals surface area (Å²) < 4.78 is 28.6. The van der Waals surface area contributed by atoms with E-state index in [-0.39, 0.29) is 48.2 Å². The monoisotopic (exact) mass is 449 g/mol. The molecule has 10 nitrogen and oxygen atoms in total. The van der Waals surface area contributed by atoms with Gasteiger partial charge in [-0.3, -0.25) is 14.4 Å². The molecule has 2 aliphatic heterocycles. The first kappa shape index (κ1) is 22.6. The van der Waals surface area contributed by atoms with Crippen LogP contribution in [0.3, 0.4) is 0 Å². The topological polar surface area (TPSA) is 139 Å². The number of carbonyl (C=O) groups excluding carboxylic acids is 4. The normalized spacial score (nSPS) is 21.2. The van der Waals surface area contributed by atoms with Gasteiger partial charge in [0.2, 0.25) is 5.91 Å². The minimum atomic E-state index is -3.22. The highest BCUT2D eigenvalue weighted by Gasteiger charge is 2.37. The third kappa shape index (κ3) is 5.54. The Bertz CT molecular complexity index is 1050. The summed E-state index contributed by atoms with van der Waals surface area (Å²) in [7, 11) is -3.22. The van der Waals surface area contributed by atoms with Gasteiger partial charge < -0.3 is 10.1 Å². The van der Waals surface area contributed by atoms with Crippen LogP contribution >= 0.6 is 0 Å². The van der Waals surface area contributed by atoms with Gasteiger partial charge in [0.05, 0.1) is 17.5 Å². The lowest BCUT2D eigenvalue weighted by Gasteiger charge is -2.27. The molecule has 0 unspecified atom stereocenters. The highest BCUT2D eigenvalue weighted by Crippen LogP contribution is 2.22. The molecule has 0 aromatic heterocycles. The number of esters is 1. The van der Waals surface area contributed by atoms with Crippen LogP contribution in [0.4, 0.5) is 5.69 Å².